The van der Waals surface area contributed by atoms with E-state index in [4.69, 9.17) is 4.74 Å². The highest BCUT2D eigenvalue weighted by molar-refractivity contribution is 5.96. The minimum atomic E-state index is 0.667. The fourth-order valence-electron chi connectivity index (χ4n) is 1.03. The second-order valence-corrected chi connectivity index (χ2v) is 2.83. The van der Waals surface area contributed by atoms with E-state index in [-0.39, 0.29) is 0 Å². The molecule has 1 aromatic rings. The number of nitrogens with zero attached hydrogens (tertiary/aromatic N) is 2. The number of aliphatic imine (C=N–C) groups is 1. The maximum Gasteiger partial charge on any atom is 0.216 e. The van der Waals surface area contributed by atoms with Crippen LogP contribution in [-0.4, -0.2) is 24.9 Å². The van der Waals surface area contributed by atoms with Gasteiger partial charge in [-0.1, -0.05) is 6.07 Å². The molecule has 0 atom stereocenters. The first-order valence-corrected chi connectivity index (χ1v) is 4.14. The maximum atomic E-state index is 5.11. The van der Waals surface area contributed by atoms with Crippen molar-refractivity contribution in [1.29, 1.82) is 0 Å². The molecule has 0 aliphatic rings. The van der Waals surface area contributed by atoms with Crippen molar-refractivity contribution in [3.05, 3.63) is 23.4 Å². The summed E-state index contributed by atoms with van der Waals surface area (Å²) in [6, 6.07) is 3.93. The fraction of sp³-hybridized carbons (Fsp3) is 0.400. The molecule has 0 aliphatic carbocycles. The number of aromatic nitrogens is 1. The topological polar surface area (TPSA) is 34.5 Å². The number of hydrogen-bond donors (Lipinski definition) is 0. The van der Waals surface area contributed by atoms with Crippen molar-refractivity contribution >= 4 is 5.71 Å². The van der Waals surface area contributed by atoms with E-state index in [1.807, 2.05) is 26.0 Å². The number of aryl methyl sites for hydroxylation is 1. The molecule has 0 bridgehead atoms. The Morgan fingerprint density at radius 2 is 2.15 bits per heavy atom. The smallest absolute Gasteiger partial charge is 0.216 e. The number of rotatable bonds is 2. The second-order valence-electron chi connectivity index (χ2n) is 2.83. The van der Waals surface area contributed by atoms with E-state index in [0.717, 1.165) is 17.0 Å². The highest BCUT2D eigenvalue weighted by Crippen LogP contribution is 2.14. The van der Waals surface area contributed by atoms with Crippen molar-refractivity contribution < 1.29 is 4.74 Å². The minimum absolute atomic E-state index is 0.667. The quantitative estimate of drug-likeness (QED) is 0.647. The maximum absolute atomic E-state index is 5.11. The first kappa shape index (κ1) is 9.71. The van der Waals surface area contributed by atoms with Gasteiger partial charge >= 0.3 is 0 Å². The van der Waals surface area contributed by atoms with Crippen LogP contribution in [0.4, 0.5) is 0 Å². The SMILES string of the molecule is CN=C(C)c1ccc(C)c(OC)n1. The molecule has 1 heterocycles. The van der Waals surface area contributed by atoms with Gasteiger partial charge in [-0.25, -0.2) is 4.98 Å². The summed E-state index contributed by atoms with van der Waals surface area (Å²) in [6.07, 6.45) is 0. The summed E-state index contributed by atoms with van der Waals surface area (Å²) in [5, 5.41) is 0. The third-order valence-corrected chi connectivity index (χ3v) is 1.95. The van der Waals surface area contributed by atoms with Crippen LogP contribution in [0.5, 0.6) is 5.88 Å². The molecule has 13 heavy (non-hydrogen) atoms. The molecule has 0 N–H and O–H groups in total. The van der Waals surface area contributed by atoms with Crippen molar-refractivity contribution in [2.75, 3.05) is 14.2 Å². The van der Waals surface area contributed by atoms with E-state index in [1.54, 1.807) is 14.2 Å². The highest BCUT2D eigenvalue weighted by Gasteiger charge is 2.03. The summed E-state index contributed by atoms with van der Waals surface area (Å²) < 4.78 is 5.11. The van der Waals surface area contributed by atoms with Gasteiger partial charge in [0.2, 0.25) is 5.88 Å². The van der Waals surface area contributed by atoms with Crippen molar-refractivity contribution in [1.82, 2.24) is 4.98 Å². The number of ether oxygens (including phenoxy) is 1. The molecule has 0 amide bonds. The standard InChI is InChI=1S/C10H14N2O/c1-7-5-6-9(8(2)11-3)12-10(7)13-4/h5-6H,1-4H3. The molecule has 0 spiro atoms. The Labute approximate surface area is 78.5 Å². The normalized spacial score (nSPS) is 11.5. The zero-order chi connectivity index (χ0) is 9.84. The van der Waals surface area contributed by atoms with E-state index in [2.05, 4.69) is 9.98 Å². The average molecular weight is 178 g/mol. The summed E-state index contributed by atoms with van der Waals surface area (Å²) in [4.78, 5) is 8.37. The molecular weight excluding hydrogens is 164 g/mol. The van der Waals surface area contributed by atoms with Crippen LogP contribution in [0.2, 0.25) is 0 Å². The van der Waals surface area contributed by atoms with Crippen LogP contribution in [0.25, 0.3) is 0 Å². The Bertz CT molecular complexity index is 332. The van der Waals surface area contributed by atoms with Crippen LogP contribution >= 0.6 is 0 Å². The lowest BCUT2D eigenvalue weighted by molar-refractivity contribution is 0.394. The molecule has 1 rings (SSSR count). The Kier molecular flexibility index (Phi) is 3.01. The van der Waals surface area contributed by atoms with Gasteiger partial charge in [0.15, 0.2) is 0 Å². The van der Waals surface area contributed by atoms with Crippen LogP contribution in [0.3, 0.4) is 0 Å². The fourth-order valence-corrected chi connectivity index (χ4v) is 1.03. The molecule has 0 aromatic carbocycles. The molecule has 3 heteroatoms. The van der Waals surface area contributed by atoms with Crippen molar-refractivity contribution in [3.63, 3.8) is 0 Å². The van der Waals surface area contributed by atoms with Gasteiger partial charge in [-0.2, -0.15) is 0 Å². The van der Waals surface area contributed by atoms with E-state index >= 15 is 0 Å². The lowest BCUT2D eigenvalue weighted by Gasteiger charge is -2.05. The largest absolute Gasteiger partial charge is 0.481 e. The molecule has 1 aromatic heterocycles. The molecule has 0 radical (unpaired) electrons. The molecular formula is C10H14N2O. The lowest BCUT2D eigenvalue weighted by atomic mass is 10.2. The van der Waals surface area contributed by atoms with Crippen LogP contribution < -0.4 is 4.74 Å². The van der Waals surface area contributed by atoms with Crippen molar-refractivity contribution in [2.45, 2.75) is 13.8 Å². The Morgan fingerprint density at radius 3 is 2.69 bits per heavy atom. The first-order chi connectivity index (χ1) is 6.19. The van der Waals surface area contributed by atoms with E-state index in [1.165, 1.54) is 0 Å². The monoisotopic (exact) mass is 178 g/mol. The van der Waals surface area contributed by atoms with E-state index in [0.29, 0.717) is 5.88 Å². The summed E-state index contributed by atoms with van der Waals surface area (Å²) in [5.74, 6) is 0.667. The zero-order valence-electron chi connectivity index (χ0n) is 8.46. The van der Waals surface area contributed by atoms with Gasteiger partial charge in [-0.05, 0) is 19.9 Å². The average Bonchev–Trinajstić information content (AvgIpc) is 2.17. The second kappa shape index (κ2) is 4.03. The van der Waals surface area contributed by atoms with Gasteiger partial charge in [-0.3, -0.25) is 4.99 Å². The highest BCUT2D eigenvalue weighted by atomic mass is 16.5. The predicted molar refractivity (Wildman–Crippen MR) is 53.7 cm³/mol. The van der Waals surface area contributed by atoms with Crippen LogP contribution in [0.15, 0.2) is 17.1 Å². The van der Waals surface area contributed by atoms with Gasteiger partial charge in [0.25, 0.3) is 0 Å². The molecule has 3 nitrogen and oxygen atoms in total. The summed E-state index contributed by atoms with van der Waals surface area (Å²) >= 11 is 0. The summed E-state index contributed by atoms with van der Waals surface area (Å²) in [6.45, 7) is 3.89. The van der Waals surface area contributed by atoms with Crippen molar-refractivity contribution in [3.8, 4) is 5.88 Å². The van der Waals surface area contributed by atoms with Crippen molar-refractivity contribution in [2.24, 2.45) is 4.99 Å². The third-order valence-electron chi connectivity index (χ3n) is 1.95. The molecule has 0 unspecified atom stereocenters. The Morgan fingerprint density at radius 1 is 1.46 bits per heavy atom. The summed E-state index contributed by atoms with van der Waals surface area (Å²) in [5.41, 5.74) is 2.82. The molecule has 70 valence electrons. The van der Waals surface area contributed by atoms with E-state index in [9.17, 15) is 0 Å². The number of hydrogen-bond acceptors (Lipinski definition) is 3. The van der Waals surface area contributed by atoms with Crippen LogP contribution in [0.1, 0.15) is 18.2 Å². The van der Waals surface area contributed by atoms with Gasteiger partial charge in [-0.15, -0.1) is 0 Å². The number of pyridine rings is 1. The van der Waals surface area contributed by atoms with Crippen LogP contribution in [0, 0.1) is 6.92 Å². The molecule has 0 saturated heterocycles. The van der Waals surface area contributed by atoms with Crippen LogP contribution in [-0.2, 0) is 0 Å². The summed E-state index contributed by atoms with van der Waals surface area (Å²) in [7, 11) is 3.38. The Hall–Kier alpha value is -1.38. The first-order valence-electron chi connectivity index (χ1n) is 4.14. The zero-order valence-corrected chi connectivity index (χ0v) is 8.46. The molecule has 0 saturated carbocycles. The third kappa shape index (κ3) is 2.05. The Balaban J connectivity index is 3.13. The lowest BCUT2D eigenvalue weighted by Crippen LogP contribution is -2.01. The van der Waals surface area contributed by atoms with Gasteiger partial charge < -0.3 is 4.74 Å². The van der Waals surface area contributed by atoms with Gasteiger partial charge in [0, 0.05) is 12.6 Å². The van der Waals surface area contributed by atoms with E-state index < -0.39 is 0 Å². The van der Waals surface area contributed by atoms with Gasteiger partial charge in [0.05, 0.1) is 18.5 Å². The van der Waals surface area contributed by atoms with Gasteiger partial charge in [0.1, 0.15) is 0 Å². The minimum Gasteiger partial charge on any atom is -0.481 e. The predicted octanol–water partition coefficient (Wildman–Crippen LogP) is 1.84. The molecule has 0 aliphatic heterocycles. The molecule has 0 fully saturated rings. The number of methoxy groups -OCH3 is 1.